The molecule has 0 bridgehead atoms. The third kappa shape index (κ3) is 4.46. The minimum Gasteiger partial charge on any atom is -0.308 e. The first kappa shape index (κ1) is 15.3. The van der Waals surface area contributed by atoms with Crippen LogP contribution < -0.4 is 0 Å². The standard InChI is InChI=1S/C14H30N2S/c1-5-16(13(2)10-15(3)4)11-14(12-17)8-6-7-9-14/h13,17H,5-12H2,1-4H3. The normalized spacial score (nSPS) is 21.4. The summed E-state index contributed by atoms with van der Waals surface area (Å²) in [5.41, 5.74) is 0.500. The van der Waals surface area contributed by atoms with Crippen LogP contribution in [0.2, 0.25) is 0 Å². The number of nitrogens with zero attached hydrogens (tertiary/aromatic N) is 2. The van der Waals surface area contributed by atoms with E-state index in [1.807, 2.05) is 0 Å². The van der Waals surface area contributed by atoms with Crippen molar-refractivity contribution in [2.24, 2.45) is 5.41 Å². The number of likely N-dealkylation sites (N-methyl/N-ethyl adjacent to an activating group) is 2. The molecule has 1 aliphatic carbocycles. The summed E-state index contributed by atoms with van der Waals surface area (Å²) in [6, 6.07) is 0.646. The summed E-state index contributed by atoms with van der Waals surface area (Å²) in [5.74, 6) is 1.05. The van der Waals surface area contributed by atoms with Crippen LogP contribution in [-0.2, 0) is 0 Å². The Labute approximate surface area is 113 Å². The minimum atomic E-state index is 0.500. The van der Waals surface area contributed by atoms with Crippen LogP contribution in [0, 0.1) is 5.41 Å². The Morgan fingerprint density at radius 1 is 1.24 bits per heavy atom. The highest BCUT2D eigenvalue weighted by molar-refractivity contribution is 7.80. The zero-order chi connectivity index (χ0) is 12.9. The van der Waals surface area contributed by atoms with E-state index < -0.39 is 0 Å². The molecule has 17 heavy (non-hydrogen) atoms. The molecular formula is C14H30N2S. The number of hydrogen-bond donors (Lipinski definition) is 1. The molecule has 0 aromatic rings. The molecule has 1 unspecified atom stereocenters. The van der Waals surface area contributed by atoms with Crippen molar-refractivity contribution >= 4 is 12.6 Å². The van der Waals surface area contributed by atoms with Gasteiger partial charge in [-0.2, -0.15) is 12.6 Å². The Morgan fingerprint density at radius 3 is 2.24 bits per heavy atom. The number of rotatable bonds is 7. The van der Waals surface area contributed by atoms with Gasteiger partial charge in [-0.3, -0.25) is 4.90 Å². The van der Waals surface area contributed by atoms with Gasteiger partial charge in [0.05, 0.1) is 0 Å². The molecule has 3 heteroatoms. The van der Waals surface area contributed by atoms with Crippen molar-refractivity contribution in [3.63, 3.8) is 0 Å². The van der Waals surface area contributed by atoms with Crippen molar-refractivity contribution in [1.29, 1.82) is 0 Å². The van der Waals surface area contributed by atoms with E-state index in [2.05, 4.69) is 50.4 Å². The molecule has 0 saturated heterocycles. The zero-order valence-corrected chi connectivity index (χ0v) is 13.0. The maximum absolute atomic E-state index is 4.62. The van der Waals surface area contributed by atoms with Crippen LogP contribution in [0.15, 0.2) is 0 Å². The lowest BCUT2D eigenvalue weighted by Gasteiger charge is -2.38. The highest BCUT2D eigenvalue weighted by Crippen LogP contribution is 2.40. The van der Waals surface area contributed by atoms with Gasteiger partial charge in [-0.05, 0) is 51.6 Å². The van der Waals surface area contributed by atoms with Gasteiger partial charge in [0.2, 0.25) is 0 Å². The predicted molar refractivity (Wildman–Crippen MR) is 80.0 cm³/mol. The van der Waals surface area contributed by atoms with Gasteiger partial charge in [0.1, 0.15) is 0 Å². The molecule has 0 aromatic carbocycles. The lowest BCUT2D eigenvalue weighted by molar-refractivity contribution is 0.120. The van der Waals surface area contributed by atoms with E-state index in [0.717, 1.165) is 18.8 Å². The van der Waals surface area contributed by atoms with Crippen LogP contribution in [-0.4, -0.2) is 55.3 Å². The van der Waals surface area contributed by atoms with Crippen molar-refractivity contribution in [3.05, 3.63) is 0 Å². The maximum Gasteiger partial charge on any atom is 0.0194 e. The Morgan fingerprint density at radius 2 is 1.82 bits per heavy atom. The van der Waals surface area contributed by atoms with Crippen LogP contribution in [0.25, 0.3) is 0 Å². The molecule has 0 N–H and O–H groups in total. The van der Waals surface area contributed by atoms with E-state index in [1.54, 1.807) is 0 Å². The molecule has 1 atom stereocenters. The van der Waals surface area contributed by atoms with Crippen molar-refractivity contribution in [1.82, 2.24) is 9.80 Å². The van der Waals surface area contributed by atoms with Crippen LogP contribution in [0.5, 0.6) is 0 Å². The molecular weight excluding hydrogens is 228 g/mol. The minimum absolute atomic E-state index is 0.500. The molecule has 0 radical (unpaired) electrons. The van der Waals surface area contributed by atoms with Crippen LogP contribution in [0.4, 0.5) is 0 Å². The van der Waals surface area contributed by atoms with Gasteiger partial charge >= 0.3 is 0 Å². The Bertz CT molecular complexity index is 212. The summed E-state index contributed by atoms with van der Waals surface area (Å²) in [7, 11) is 4.32. The fourth-order valence-electron chi connectivity index (χ4n) is 3.15. The van der Waals surface area contributed by atoms with Gasteiger partial charge in [-0.1, -0.05) is 19.8 Å². The summed E-state index contributed by atoms with van der Waals surface area (Å²) in [6.07, 6.45) is 5.56. The molecule has 0 spiro atoms. The largest absolute Gasteiger partial charge is 0.308 e. The molecule has 102 valence electrons. The molecule has 2 nitrogen and oxygen atoms in total. The summed E-state index contributed by atoms with van der Waals surface area (Å²) >= 11 is 4.62. The van der Waals surface area contributed by atoms with Gasteiger partial charge in [0, 0.05) is 19.1 Å². The van der Waals surface area contributed by atoms with E-state index in [1.165, 1.54) is 32.2 Å². The molecule has 0 amide bonds. The second-order valence-electron chi connectivity index (χ2n) is 6.04. The zero-order valence-electron chi connectivity index (χ0n) is 12.1. The second-order valence-corrected chi connectivity index (χ2v) is 6.36. The quantitative estimate of drug-likeness (QED) is 0.702. The summed E-state index contributed by atoms with van der Waals surface area (Å²) in [4.78, 5) is 4.93. The van der Waals surface area contributed by atoms with Crippen molar-refractivity contribution < 1.29 is 0 Å². The van der Waals surface area contributed by atoms with Gasteiger partial charge in [-0.25, -0.2) is 0 Å². The third-order valence-electron chi connectivity index (χ3n) is 4.20. The second kappa shape index (κ2) is 7.01. The van der Waals surface area contributed by atoms with Gasteiger partial charge in [0.15, 0.2) is 0 Å². The monoisotopic (exact) mass is 258 g/mol. The van der Waals surface area contributed by atoms with E-state index >= 15 is 0 Å². The summed E-state index contributed by atoms with van der Waals surface area (Å²) in [6.45, 7) is 8.18. The highest BCUT2D eigenvalue weighted by atomic mass is 32.1. The van der Waals surface area contributed by atoms with Crippen LogP contribution >= 0.6 is 12.6 Å². The molecule has 1 saturated carbocycles. The van der Waals surface area contributed by atoms with E-state index in [9.17, 15) is 0 Å². The topological polar surface area (TPSA) is 6.48 Å². The Kier molecular flexibility index (Phi) is 6.32. The Hall–Kier alpha value is 0.270. The smallest absolute Gasteiger partial charge is 0.0194 e. The van der Waals surface area contributed by atoms with Gasteiger partial charge in [0.25, 0.3) is 0 Å². The van der Waals surface area contributed by atoms with Crippen LogP contribution in [0.3, 0.4) is 0 Å². The van der Waals surface area contributed by atoms with E-state index in [4.69, 9.17) is 0 Å². The molecule has 0 aliphatic heterocycles. The average Bonchev–Trinajstić information content (AvgIpc) is 2.74. The molecule has 1 aliphatic rings. The number of thiol groups is 1. The fraction of sp³-hybridized carbons (Fsp3) is 1.00. The van der Waals surface area contributed by atoms with Crippen LogP contribution in [0.1, 0.15) is 39.5 Å². The Balaban J connectivity index is 2.55. The van der Waals surface area contributed by atoms with Crippen molar-refractivity contribution in [3.8, 4) is 0 Å². The summed E-state index contributed by atoms with van der Waals surface area (Å²) < 4.78 is 0. The van der Waals surface area contributed by atoms with E-state index in [-0.39, 0.29) is 0 Å². The highest BCUT2D eigenvalue weighted by Gasteiger charge is 2.34. The fourth-order valence-corrected chi connectivity index (χ4v) is 3.56. The lowest BCUT2D eigenvalue weighted by atomic mass is 9.87. The maximum atomic E-state index is 4.62. The first-order chi connectivity index (χ1) is 8.03. The third-order valence-corrected chi connectivity index (χ3v) is 4.87. The molecule has 1 rings (SSSR count). The average molecular weight is 258 g/mol. The summed E-state index contributed by atoms with van der Waals surface area (Å²) in [5, 5.41) is 0. The van der Waals surface area contributed by atoms with Crippen molar-refractivity contribution in [2.75, 3.05) is 39.5 Å². The lowest BCUT2D eigenvalue weighted by Crippen LogP contribution is -2.46. The predicted octanol–water partition coefficient (Wildman–Crippen LogP) is 2.75. The van der Waals surface area contributed by atoms with E-state index in [0.29, 0.717) is 11.5 Å². The molecule has 1 fully saturated rings. The van der Waals surface area contributed by atoms with Gasteiger partial charge < -0.3 is 4.90 Å². The first-order valence-corrected chi connectivity index (χ1v) is 7.66. The van der Waals surface area contributed by atoms with Crippen molar-refractivity contribution in [2.45, 2.75) is 45.6 Å². The molecule has 0 heterocycles. The first-order valence-electron chi connectivity index (χ1n) is 7.02. The SMILES string of the molecule is CCN(CC1(CS)CCCC1)C(C)CN(C)C. The molecule has 0 aromatic heterocycles. The van der Waals surface area contributed by atoms with Gasteiger partial charge in [-0.15, -0.1) is 0 Å². The number of hydrogen-bond acceptors (Lipinski definition) is 3.